The van der Waals surface area contributed by atoms with Crippen molar-refractivity contribution < 1.29 is 33.3 Å². The van der Waals surface area contributed by atoms with Crippen molar-refractivity contribution in [3.63, 3.8) is 0 Å². The lowest BCUT2D eigenvalue weighted by molar-refractivity contribution is -0.285. The summed E-state index contributed by atoms with van der Waals surface area (Å²) in [5, 5.41) is 0. The van der Waals surface area contributed by atoms with Crippen molar-refractivity contribution in [3.8, 4) is 0 Å². The van der Waals surface area contributed by atoms with E-state index in [2.05, 4.69) is 6.92 Å². The number of ether oxygens (including phenoxy) is 4. The van der Waals surface area contributed by atoms with Gasteiger partial charge in [-0.05, 0) is 58.1 Å². The number of fused-ring (bicyclic) bond motifs is 1. The predicted octanol–water partition coefficient (Wildman–Crippen LogP) is 4.08. The molecule has 3 fully saturated rings. The Hall–Kier alpha value is -2.41. The zero-order chi connectivity index (χ0) is 24.2. The van der Waals surface area contributed by atoms with Crippen molar-refractivity contribution in [2.45, 2.75) is 90.3 Å². The Morgan fingerprint density at radius 1 is 0.909 bits per heavy atom. The zero-order valence-corrected chi connectivity index (χ0v) is 20.3. The van der Waals surface area contributed by atoms with Crippen molar-refractivity contribution >= 4 is 17.9 Å². The molecule has 0 unspecified atom stereocenters. The summed E-state index contributed by atoms with van der Waals surface area (Å²) in [4.78, 5) is 37.4. The van der Waals surface area contributed by atoms with Crippen LogP contribution in [0.15, 0.2) is 30.3 Å². The summed E-state index contributed by atoms with van der Waals surface area (Å²) < 4.78 is 24.8. The van der Waals surface area contributed by atoms with Crippen LogP contribution in [-0.4, -0.2) is 47.4 Å². The molecule has 2 saturated carbocycles. The highest BCUT2D eigenvalue weighted by Gasteiger charge is 2.78. The highest BCUT2D eigenvalue weighted by Crippen LogP contribution is 2.67. The molecule has 1 heterocycles. The lowest BCUT2D eigenvalue weighted by Gasteiger charge is -2.61. The standard InChI is InChI=1S/C26H34O7/c1-15-12-13-20(32-23(29)18-10-8-7-9-11-18)25(6)21(30-16(2)27)14-19-22(31-17(3)28)26(15,25)33-24(19,4)5/h7-11,15,19-22H,12-14H2,1-6H3/t15-,19-,20+,21+,22-,25+,26-/m1/s1. The highest BCUT2D eigenvalue weighted by atomic mass is 16.6. The van der Waals surface area contributed by atoms with E-state index in [1.165, 1.54) is 13.8 Å². The fraction of sp³-hybridized carbons (Fsp3) is 0.654. The molecule has 3 aliphatic rings. The average Bonchev–Trinajstić information content (AvgIpc) is 2.91. The predicted molar refractivity (Wildman–Crippen MR) is 119 cm³/mol. The van der Waals surface area contributed by atoms with Gasteiger partial charge in [-0.25, -0.2) is 4.79 Å². The second-order valence-corrected chi connectivity index (χ2v) is 10.5. The first-order valence-corrected chi connectivity index (χ1v) is 11.7. The molecular formula is C26H34O7. The Labute approximate surface area is 195 Å². The molecule has 1 aliphatic heterocycles. The van der Waals surface area contributed by atoms with Gasteiger partial charge in [-0.2, -0.15) is 0 Å². The number of carbonyl (C=O) groups excluding carboxylic acids is 3. The normalized spacial score (nSPS) is 38.7. The zero-order valence-electron chi connectivity index (χ0n) is 20.3. The maximum atomic E-state index is 13.1. The number of hydrogen-bond acceptors (Lipinski definition) is 7. The Morgan fingerprint density at radius 3 is 2.15 bits per heavy atom. The lowest BCUT2D eigenvalue weighted by Crippen LogP contribution is -2.73. The Balaban J connectivity index is 1.83. The van der Waals surface area contributed by atoms with Crippen molar-refractivity contribution in [1.29, 1.82) is 0 Å². The summed E-state index contributed by atoms with van der Waals surface area (Å²) in [6.45, 7) is 10.8. The summed E-state index contributed by atoms with van der Waals surface area (Å²) in [7, 11) is 0. The van der Waals surface area contributed by atoms with Crippen LogP contribution in [0, 0.1) is 17.3 Å². The van der Waals surface area contributed by atoms with E-state index in [1.807, 2.05) is 26.8 Å². The van der Waals surface area contributed by atoms with Crippen LogP contribution in [0.1, 0.15) is 71.2 Å². The monoisotopic (exact) mass is 458 g/mol. The van der Waals surface area contributed by atoms with Crippen molar-refractivity contribution in [3.05, 3.63) is 35.9 Å². The van der Waals surface area contributed by atoms with Gasteiger partial charge in [0.05, 0.1) is 16.6 Å². The maximum Gasteiger partial charge on any atom is 0.338 e. The van der Waals surface area contributed by atoms with E-state index in [9.17, 15) is 14.4 Å². The Morgan fingerprint density at radius 2 is 1.55 bits per heavy atom. The summed E-state index contributed by atoms with van der Waals surface area (Å²) in [5.74, 6) is -1.39. The fourth-order valence-corrected chi connectivity index (χ4v) is 6.74. The molecule has 1 aromatic carbocycles. The van der Waals surface area contributed by atoms with Gasteiger partial charge < -0.3 is 18.9 Å². The third-order valence-electron chi connectivity index (χ3n) is 8.21. The van der Waals surface area contributed by atoms with E-state index < -0.39 is 46.9 Å². The minimum Gasteiger partial charge on any atom is -0.462 e. The fourth-order valence-electron chi connectivity index (χ4n) is 6.74. The quantitative estimate of drug-likeness (QED) is 0.496. The van der Waals surface area contributed by atoms with Gasteiger partial charge in [0.25, 0.3) is 0 Å². The third kappa shape index (κ3) is 3.56. The minimum absolute atomic E-state index is 0.0128. The molecule has 1 saturated heterocycles. The second-order valence-electron chi connectivity index (χ2n) is 10.5. The smallest absolute Gasteiger partial charge is 0.338 e. The maximum absolute atomic E-state index is 13.1. The molecule has 0 aromatic heterocycles. The summed E-state index contributed by atoms with van der Waals surface area (Å²) in [5.41, 5.74) is -2.04. The Kier molecular flexibility index (Phi) is 5.84. The number of esters is 3. The van der Waals surface area contributed by atoms with Crippen LogP contribution in [0.25, 0.3) is 0 Å². The summed E-state index contributed by atoms with van der Waals surface area (Å²) >= 11 is 0. The average molecular weight is 459 g/mol. The second kappa shape index (κ2) is 8.12. The van der Waals surface area contributed by atoms with Crippen molar-refractivity contribution in [2.24, 2.45) is 17.3 Å². The van der Waals surface area contributed by atoms with Crippen molar-refractivity contribution in [2.75, 3.05) is 0 Å². The molecule has 7 nitrogen and oxygen atoms in total. The molecule has 7 atom stereocenters. The molecule has 4 rings (SSSR count). The Bertz CT molecular complexity index is 941. The van der Waals surface area contributed by atoms with E-state index in [-0.39, 0.29) is 17.8 Å². The van der Waals surface area contributed by atoms with Gasteiger partial charge in [0.15, 0.2) is 0 Å². The topological polar surface area (TPSA) is 88.1 Å². The lowest BCUT2D eigenvalue weighted by atomic mass is 9.49. The molecule has 2 aliphatic carbocycles. The molecule has 180 valence electrons. The summed E-state index contributed by atoms with van der Waals surface area (Å²) in [6, 6.07) is 8.84. The van der Waals surface area contributed by atoms with E-state index in [0.29, 0.717) is 18.4 Å². The van der Waals surface area contributed by atoms with Gasteiger partial charge in [0.1, 0.15) is 23.9 Å². The summed E-state index contributed by atoms with van der Waals surface area (Å²) in [6.07, 6.45) is 0.0975. The van der Waals surface area contributed by atoms with Crippen LogP contribution in [-0.2, 0) is 28.5 Å². The first-order valence-electron chi connectivity index (χ1n) is 11.7. The van der Waals surface area contributed by atoms with Crippen molar-refractivity contribution in [1.82, 2.24) is 0 Å². The van der Waals surface area contributed by atoms with Gasteiger partial charge in [-0.15, -0.1) is 0 Å². The van der Waals surface area contributed by atoms with E-state index >= 15 is 0 Å². The van der Waals surface area contributed by atoms with Gasteiger partial charge >= 0.3 is 17.9 Å². The number of hydrogen-bond donors (Lipinski definition) is 0. The number of rotatable bonds is 4. The third-order valence-corrected chi connectivity index (χ3v) is 8.21. The van der Waals surface area contributed by atoms with Crippen LogP contribution < -0.4 is 0 Å². The number of benzene rings is 1. The first-order chi connectivity index (χ1) is 15.4. The van der Waals surface area contributed by atoms with Gasteiger partial charge in [0.2, 0.25) is 0 Å². The van der Waals surface area contributed by atoms with Crippen LogP contribution in [0.3, 0.4) is 0 Å². The van der Waals surface area contributed by atoms with Crippen LogP contribution in [0.5, 0.6) is 0 Å². The van der Waals surface area contributed by atoms with Crippen LogP contribution >= 0.6 is 0 Å². The van der Waals surface area contributed by atoms with Crippen LogP contribution in [0.4, 0.5) is 0 Å². The molecule has 7 heteroatoms. The van der Waals surface area contributed by atoms with Gasteiger partial charge in [0, 0.05) is 19.8 Å². The molecule has 0 amide bonds. The van der Waals surface area contributed by atoms with Gasteiger partial charge in [-0.1, -0.05) is 25.1 Å². The largest absolute Gasteiger partial charge is 0.462 e. The molecule has 1 aromatic rings. The van der Waals surface area contributed by atoms with E-state index in [4.69, 9.17) is 18.9 Å². The first kappa shape index (κ1) is 23.7. The molecule has 2 bridgehead atoms. The molecule has 1 spiro atoms. The molecule has 0 N–H and O–H groups in total. The molecule has 0 radical (unpaired) electrons. The van der Waals surface area contributed by atoms with E-state index in [1.54, 1.807) is 24.3 Å². The SMILES string of the molecule is CC(=O)O[C@H]1C[C@@H]2[C@@H](OC(C)=O)[C@]3(OC2(C)C)[C@H](C)CC[C@H](OC(=O)c2ccccc2)[C@@]13C. The van der Waals surface area contributed by atoms with Crippen LogP contribution in [0.2, 0.25) is 0 Å². The number of carbonyl (C=O) groups is 3. The van der Waals surface area contributed by atoms with Gasteiger partial charge in [-0.3, -0.25) is 9.59 Å². The molecule has 33 heavy (non-hydrogen) atoms. The highest BCUT2D eigenvalue weighted by molar-refractivity contribution is 5.89. The van der Waals surface area contributed by atoms with E-state index in [0.717, 1.165) is 6.42 Å². The minimum atomic E-state index is -0.967. The molecular weight excluding hydrogens is 424 g/mol.